The van der Waals surface area contributed by atoms with Gasteiger partial charge in [0, 0.05) is 23.5 Å². The molecular weight excluding hydrogens is 239 g/mol. The Labute approximate surface area is 113 Å². The lowest BCUT2D eigenvalue weighted by Gasteiger charge is -2.26. The van der Waals surface area contributed by atoms with E-state index in [0.29, 0.717) is 0 Å². The zero-order valence-corrected chi connectivity index (χ0v) is 11.2. The minimum atomic E-state index is -0.876. The Kier molecular flexibility index (Phi) is 3.47. The summed E-state index contributed by atoms with van der Waals surface area (Å²) in [7, 11) is 0. The fourth-order valence-corrected chi connectivity index (χ4v) is 2.82. The van der Waals surface area contributed by atoms with Crippen molar-refractivity contribution < 1.29 is 4.39 Å². The molecule has 2 unspecified atom stereocenters. The molecule has 1 aliphatic heterocycles. The van der Waals surface area contributed by atoms with Gasteiger partial charge in [0.2, 0.25) is 0 Å². The summed E-state index contributed by atoms with van der Waals surface area (Å²) in [5, 5.41) is 4.30. The predicted octanol–water partition coefficient (Wildman–Crippen LogP) is 3.55. The largest absolute Gasteiger partial charge is 0.316 e. The van der Waals surface area contributed by atoms with Crippen LogP contribution in [0.3, 0.4) is 0 Å². The molecule has 0 bridgehead atoms. The molecule has 2 heterocycles. The number of hydrogen-bond acceptors (Lipinski definition) is 2. The third-order valence-electron chi connectivity index (χ3n) is 3.92. The average molecular weight is 258 g/mol. The van der Waals surface area contributed by atoms with Crippen LogP contribution in [-0.2, 0) is 0 Å². The van der Waals surface area contributed by atoms with E-state index in [2.05, 4.69) is 10.3 Å². The molecule has 1 saturated heterocycles. The van der Waals surface area contributed by atoms with Gasteiger partial charge in [0.05, 0.1) is 5.52 Å². The first-order chi connectivity index (χ1) is 9.24. The van der Waals surface area contributed by atoms with Crippen LogP contribution in [0.15, 0.2) is 30.3 Å². The van der Waals surface area contributed by atoms with Crippen LogP contribution >= 0.6 is 0 Å². The molecule has 2 atom stereocenters. The van der Waals surface area contributed by atoms with E-state index >= 15 is 0 Å². The highest BCUT2D eigenvalue weighted by Gasteiger charge is 2.24. The van der Waals surface area contributed by atoms with Crippen molar-refractivity contribution in [1.29, 1.82) is 0 Å². The second-order valence-electron chi connectivity index (χ2n) is 5.41. The molecule has 3 heteroatoms. The molecule has 0 saturated carbocycles. The molecule has 1 aromatic carbocycles. The van der Waals surface area contributed by atoms with Crippen molar-refractivity contribution in [2.75, 3.05) is 13.1 Å². The van der Waals surface area contributed by atoms with Gasteiger partial charge in [0.1, 0.15) is 6.17 Å². The highest BCUT2D eigenvalue weighted by Crippen LogP contribution is 2.32. The average Bonchev–Trinajstić information content (AvgIpc) is 2.47. The third kappa shape index (κ3) is 2.61. The van der Waals surface area contributed by atoms with Gasteiger partial charge < -0.3 is 5.32 Å². The number of benzene rings is 1. The van der Waals surface area contributed by atoms with Gasteiger partial charge in [-0.25, -0.2) is 4.39 Å². The molecule has 0 amide bonds. The maximum absolute atomic E-state index is 14.6. The van der Waals surface area contributed by atoms with Crippen LogP contribution in [0.1, 0.15) is 30.3 Å². The van der Waals surface area contributed by atoms with E-state index in [4.69, 9.17) is 0 Å². The van der Waals surface area contributed by atoms with Gasteiger partial charge in [0.25, 0.3) is 0 Å². The first kappa shape index (κ1) is 12.5. The van der Waals surface area contributed by atoms with E-state index in [1.807, 2.05) is 37.3 Å². The Bertz CT molecular complexity index is 576. The molecule has 1 aliphatic rings. The molecule has 0 spiro atoms. The highest BCUT2D eigenvalue weighted by molar-refractivity contribution is 5.79. The first-order valence-electron chi connectivity index (χ1n) is 6.96. The maximum atomic E-state index is 14.6. The quantitative estimate of drug-likeness (QED) is 0.891. The molecule has 2 aromatic rings. The first-order valence-corrected chi connectivity index (χ1v) is 6.96. The number of aryl methyl sites for hydroxylation is 1. The Hall–Kier alpha value is -1.48. The zero-order valence-electron chi connectivity index (χ0n) is 11.2. The number of pyridine rings is 1. The number of nitrogens with zero attached hydrogens (tertiary/aromatic N) is 1. The Morgan fingerprint density at radius 3 is 3.00 bits per heavy atom. The number of nitrogens with one attached hydrogen (secondary N) is 1. The second kappa shape index (κ2) is 5.25. The van der Waals surface area contributed by atoms with Crippen molar-refractivity contribution in [1.82, 2.24) is 10.3 Å². The highest BCUT2D eigenvalue weighted by atomic mass is 19.1. The molecule has 0 aliphatic carbocycles. The second-order valence-corrected chi connectivity index (χ2v) is 5.41. The van der Waals surface area contributed by atoms with Gasteiger partial charge in [-0.2, -0.15) is 0 Å². The summed E-state index contributed by atoms with van der Waals surface area (Å²) < 4.78 is 14.6. The molecule has 0 radical (unpaired) electrons. The normalized spacial score (nSPS) is 21.5. The monoisotopic (exact) mass is 258 g/mol. The smallest absolute Gasteiger partial charge is 0.129 e. The number of piperidine rings is 1. The van der Waals surface area contributed by atoms with E-state index in [0.717, 1.165) is 48.1 Å². The number of rotatable bonds is 2. The topological polar surface area (TPSA) is 24.9 Å². The van der Waals surface area contributed by atoms with Gasteiger partial charge in [-0.05, 0) is 50.1 Å². The summed E-state index contributed by atoms with van der Waals surface area (Å²) in [5.74, 6) is 0.101. The Morgan fingerprint density at radius 2 is 2.21 bits per heavy atom. The van der Waals surface area contributed by atoms with Crippen molar-refractivity contribution in [2.24, 2.45) is 5.92 Å². The summed E-state index contributed by atoms with van der Waals surface area (Å²) in [6, 6.07) is 9.75. The van der Waals surface area contributed by atoms with Gasteiger partial charge in [-0.3, -0.25) is 4.98 Å². The molecule has 1 aromatic heterocycles. The van der Waals surface area contributed by atoms with Crippen LogP contribution in [0, 0.1) is 12.8 Å². The van der Waals surface area contributed by atoms with Crippen molar-refractivity contribution in [3.63, 3.8) is 0 Å². The zero-order chi connectivity index (χ0) is 13.2. The standard InChI is InChI=1S/C16H19FN2/c1-11-4-5-12-9-13(6-7-15(12)19-11)16(17)14-3-2-8-18-10-14/h4-7,9,14,16,18H,2-3,8,10H2,1H3. The SMILES string of the molecule is Cc1ccc2cc(C(F)C3CCCNC3)ccc2n1. The molecule has 1 N–H and O–H groups in total. The summed E-state index contributed by atoms with van der Waals surface area (Å²) in [5.41, 5.74) is 2.72. The van der Waals surface area contributed by atoms with Crippen molar-refractivity contribution in [3.8, 4) is 0 Å². The van der Waals surface area contributed by atoms with Crippen LogP contribution in [0.4, 0.5) is 4.39 Å². The third-order valence-corrected chi connectivity index (χ3v) is 3.92. The van der Waals surface area contributed by atoms with E-state index in [9.17, 15) is 4.39 Å². The predicted molar refractivity (Wildman–Crippen MR) is 75.9 cm³/mol. The molecule has 19 heavy (non-hydrogen) atoms. The Morgan fingerprint density at radius 1 is 1.32 bits per heavy atom. The van der Waals surface area contributed by atoms with Crippen molar-refractivity contribution in [2.45, 2.75) is 25.9 Å². The fourth-order valence-electron chi connectivity index (χ4n) is 2.82. The minimum absolute atomic E-state index is 0.101. The van der Waals surface area contributed by atoms with E-state index < -0.39 is 6.17 Å². The molecule has 3 rings (SSSR count). The molecule has 2 nitrogen and oxygen atoms in total. The van der Waals surface area contributed by atoms with Gasteiger partial charge in [-0.15, -0.1) is 0 Å². The van der Waals surface area contributed by atoms with Crippen LogP contribution in [0.5, 0.6) is 0 Å². The van der Waals surface area contributed by atoms with Crippen LogP contribution in [0.25, 0.3) is 10.9 Å². The summed E-state index contributed by atoms with van der Waals surface area (Å²) in [6.07, 6.45) is 1.16. The molecule has 100 valence electrons. The van der Waals surface area contributed by atoms with Crippen LogP contribution < -0.4 is 5.32 Å². The molecule has 1 fully saturated rings. The lowest BCUT2D eigenvalue weighted by molar-refractivity contribution is 0.195. The van der Waals surface area contributed by atoms with Crippen LogP contribution in [0.2, 0.25) is 0 Å². The number of aromatic nitrogens is 1. The van der Waals surface area contributed by atoms with E-state index in [1.54, 1.807) is 0 Å². The number of alkyl halides is 1. The van der Waals surface area contributed by atoms with Crippen molar-refractivity contribution >= 4 is 10.9 Å². The minimum Gasteiger partial charge on any atom is -0.316 e. The van der Waals surface area contributed by atoms with Crippen molar-refractivity contribution in [3.05, 3.63) is 41.6 Å². The lowest BCUT2D eigenvalue weighted by atomic mass is 9.90. The fraction of sp³-hybridized carbons (Fsp3) is 0.438. The summed E-state index contributed by atoms with van der Waals surface area (Å²) in [6.45, 7) is 3.77. The Balaban J connectivity index is 1.89. The number of hydrogen-bond donors (Lipinski definition) is 1. The van der Waals surface area contributed by atoms with Gasteiger partial charge >= 0.3 is 0 Å². The van der Waals surface area contributed by atoms with E-state index in [-0.39, 0.29) is 5.92 Å². The number of halogens is 1. The number of fused-ring (bicyclic) bond motifs is 1. The maximum Gasteiger partial charge on any atom is 0.129 e. The lowest BCUT2D eigenvalue weighted by Crippen LogP contribution is -2.32. The van der Waals surface area contributed by atoms with Gasteiger partial charge in [0.15, 0.2) is 0 Å². The van der Waals surface area contributed by atoms with Crippen LogP contribution in [-0.4, -0.2) is 18.1 Å². The van der Waals surface area contributed by atoms with Gasteiger partial charge in [-0.1, -0.05) is 12.1 Å². The summed E-state index contributed by atoms with van der Waals surface area (Å²) in [4.78, 5) is 4.45. The van der Waals surface area contributed by atoms with E-state index in [1.165, 1.54) is 0 Å². The molecular formula is C16H19FN2. The summed E-state index contributed by atoms with van der Waals surface area (Å²) >= 11 is 0.